The van der Waals surface area contributed by atoms with Gasteiger partial charge in [0.2, 0.25) is 0 Å². The van der Waals surface area contributed by atoms with Crippen molar-refractivity contribution in [2.24, 2.45) is 0 Å². The van der Waals surface area contributed by atoms with E-state index in [1.54, 1.807) is 0 Å². The normalized spacial score (nSPS) is 9.88. The Morgan fingerprint density at radius 1 is 1.31 bits per heavy atom. The van der Waals surface area contributed by atoms with Crippen molar-refractivity contribution in [2.75, 3.05) is 20.0 Å². The lowest BCUT2D eigenvalue weighted by atomic mass is 10.3. The summed E-state index contributed by atoms with van der Waals surface area (Å²) >= 11 is 1.04. The molecule has 0 amide bonds. The number of ether oxygens (including phenoxy) is 2. The largest absolute Gasteiger partial charge is 0.507 e. The lowest BCUT2D eigenvalue weighted by Crippen LogP contribution is -2.03. The summed E-state index contributed by atoms with van der Waals surface area (Å²) in [5.74, 6) is -0.385. The summed E-state index contributed by atoms with van der Waals surface area (Å²) in [4.78, 5) is 11.3. The maximum Gasteiger partial charge on any atom is 0.315 e. The number of hydrogen-bond donors (Lipinski definition) is 2. The Morgan fingerprint density at radius 3 is 2.50 bits per heavy atom. The number of phenolic OH excluding ortho intramolecular Hbond substituents is 2. The van der Waals surface area contributed by atoms with E-state index in [4.69, 9.17) is 4.74 Å². The molecule has 0 aliphatic carbocycles. The quantitative estimate of drug-likeness (QED) is 0.473. The highest BCUT2D eigenvalue weighted by atomic mass is 32.2. The first kappa shape index (κ1) is 12.5. The number of thioether (sulfide) groups is 1. The number of esters is 1. The second-order valence-electron chi connectivity index (χ2n) is 2.83. The zero-order chi connectivity index (χ0) is 12.1. The fourth-order valence-corrected chi connectivity index (χ4v) is 1.98. The zero-order valence-corrected chi connectivity index (χ0v) is 9.71. The van der Waals surface area contributed by atoms with Crippen LogP contribution in [0.15, 0.2) is 17.0 Å². The summed E-state index contributed by atoms with van der Waals surface area (Å²) in [6.45, 7) is 0. The van der Waals surface area contributed by atoms with E-state index in [1.165, 1.54) is 26.4 Å². The molecule has 0 heterocycles. The molecular formula is C10H12O5S. The van der Waals surface area contributed by atoms with Crippen LogP contribution in [0.3, 0.4) is 0 Å². The molecule has 0 fully saturated rings. The second-order valence-corrected chi connectivity index (χ2v) is 3.82. The van der Waals surface area contributed by atoms with Crippen molar-refractivity contribution < 1.29 is 24.5 Å². The summed E-state index contributed by atoms with van der Waals surface area (Å²) < 4.78 is 9.41. The van der Waals surface area contributed by atoms with Crippen molar-refractivity contribution in [1.82, 2.24) is 0 Å². The summed E-state index contributed by atoms with van der Waals surface area (Å²) in [5, 5.41) is 19.0. The average Bonchev–Trinajstić information content (AvgIpc) is 2.29. The van der Waals surface area contributed by atoms with Gasteiger partial charge in [-0.3, -0.25) is 4.79 Å². The van der Waals surface area contributed by atoms with Crippen LogP contribution in [0.25, 0.3) is 0 Å². The molecule has 0 aromatic heterocycles. The summed E-state index contributed by atoms with van der Waals surface area (Å²) in [6, 6.07) is 2.65. The first-order chi connectivity index (χ1) is 7.60. The summed E-state index contributed by atoms with van der Waals surface area (Å²) in [6.07, 6.45) is 0. The lowest BCUT2D eigenvalue weighted by Gasteiger charge is -2.10. The van der Waals surface area contributed by atoms with Crippen molar-refractivity contribution in [3.05, 3.63) is 12.1 Å². The third-order valence-corrected chi connectivity index (χ3v) is 2.90. The van der Waals surface area contributed by atoms with Crippen LogP contribution in [-0.4, -0.2) is 36.2 Å². The van der Waals surface area contributed by atoms with Gasteiger partial charge in [-0.2, -0.15) is 0 Å². The minimum atomic E-state index is -0.421. The van der Waals surface area contributed by atoms with Crippen LogP contribution in [0.5, 0.6) is 17.2 Å². The highest BCUT2D eigenvalue weighted by Crippen LogP contribution is 2.42. The van der Waals surface area contributed by atoms with Crippen molar-refractivity contribution in [2.45, 2.75) is 4.90 Å². The molecule has 0 atom stereocenters. The fraction of sp³-hybridized carbons (Fsp3) is 0.300. The lowest BCUT2D eigenvalue weighted by molar-refractivity contribution is -0.137. The van der Waals surface area contributed by atoms with E-state index in [2.05, 4.69) is 4.74 Å². The van der Waals surface area contributed by atoms with Crippen LogP contribution in [0, 0.1) is 0 Å². The second kappa shape index (κ2) is 5.50. The molecule has 0 bridgehead atoms. The van der Waals surface area contributed by atoms with Gasteiger partial charge in [-0.25, -0.2) is 0 Å². The van der Waals surface area contributed by atoms with Gasteiger partial charge in [0.1, 0.15) is 5.75 Å². The molecule has 88 valence electrons. The minimum absolute atomic E-state index is 0.0316. The Hall–Kier alpha value is -1.56. The first-order valence-corrected chi connectivity index (χ1v) is 5.37. The fourth-order valence-electron chi connectivity index (χ4n) is 1.07. The van der Waals surface area contributed by atoms with Gasteiger partial charge in [0.25, 0.3) is 0 Å². The number of methoxy groups -OCH3 is 2. The van der Waals surface area contributed by atoms with E-state index in [0.29, 0.717) is 4.90 Å². The maximum atomic E-state index is 11.0. The highest BCUT2D eigenvalue weighted by molar-refractivity contribution is 8.00. The molecule has 6 heteroatoms. The van der Waals surface area contributed by atoms with Crippen LogP contribution >= 0.6 is 11.8 Å². The predicted octanol–water partition coefficient (Wildman–Crippen LogP) is 1.37. The molecule has 0 saturated heterocycles. The van der Waals surface area contributed by atoms with Gasteiger partial charge in [0.15, 0.2) is 11.5 Å². The van der Waals surface area contributed by atoms with Gasteiger partial charge in [-0.1, -0.05) is 0 Å². The number of rotatable bonds is 4. The van der Waals surface area contributed by atoms with Gasteiger partial charge in [-0.05, 0) is 12.1 Å². The molecule has 1 aromatic rings. The highest BCUT2D eigenvalue weighted by Gasteiger charge is 2.15. The van der Waals surface area contributed by atoms with Gasteiger partial charge in [0, 0.05) is 0 Å². The van der Waals surface area contributed by atoms with E-state index in [0.717, 1.165) is 11.8 Å². The third kappa shape index (κ3) is 2.73. The molecule has 0 spiro atoms. The van der Waals surface area contributed by atoms with Gasteiger partial charge >= 0.3 is 5.97 Å². The maximum absolute atomic E-state index is 11.0. The Bertz CT molecular complexity index is 391. The zero-order valence-electron chi connectivity index (χ0n) is 8.89. The SMILES string of the molecule is COC(=O)CSc1c(O)ccc(O)c1OC. The number of aromatic hydroxyl groups is 2. The smallest absolute Gasteiger partial charge is 0.315 e. The average molecular weight is 244 g/mol. The minimum Gasteiger partial charge on any atom is -0.507 e. The Kier molecular flexibility index (Phi) is 4.30. The first-order valence-electron chi connectivity index (χ1n) is 4.38. The van der Waals surface area contributed by atoms with Crippen molar-refractivity contribution in [3.8, 4) is 17.2 Å². The Morgan fingerprint density at radius 2 is 1.94 bits per heavy atom. The number of benzene rings is 1. The molecule has 2 N–H and O–H groups in total. The molecule has 5 nitrogen and oxygen atoms in total. The molecular weight excluding hydrogens is 232 g/mol. The molecule has 1 rings (SSSR count). The summed E-state index contributed by atoms with van der Waals surface area (Å²) in [7, 11) is 2.65. The van der Waals surface area contributed by atoms with Gasteiger partial charge in [-0.15, -0.1) is 11.8 Å². The number of phenols is 2. The van der Waals surface area contributed by atoms with Crippen LogP contribution in [0.2, 0.25) is 0 Å². The van der Waals surface area contributed by atoms with Crippen LogP contribution < -0.4 is 4.74 Å². The summed E-state index contributed by atoms with van der Waals surface area (Å²) in [5.41, 5.74) is 0. The van der Waals surface area contributed by atoms with E-state index >= 15 is 0 Å². The Balaban J connectivity index is 2.93. The molecule has 16 heavy (non-hydrogen) atoms. The number of carbonyl (C=O) groups is 1. The molecule has 0 unspecified atom stereocenters. The van der Waals surface area contributed by atoms with Crippen LogP contribution in [0.4, 0.5) is 0 Å². The molecule has 0 saturated carbocycles. The van der Waals surface area contributed by atoms with E-state index in [1.807, 2.05) is 0 Å². The number of carbonyl (C=O) groups excluding carboxylic acids is 1. The third-order valence-electron chi connectivity index (χ3n) is 1.84. The van der Waals surface area contributed by atoms with Crippen LogP contribution in [0.1, 0.15) is 0 Å². The standard InChI is InChI=1S/C10H12O5S/c1-14-8(13)5-16-10-7(12)4-3-6(11)9(10)15-2/h3-4,11-12H,5H2,1-2H3. The van der Waals surface area contributed by atoms with Crippen LogP contribution in [-0.2, 0) is 9.53 Å². The molecule has 0 aliphatic rings. The molecule has 1 aromatic carbocycles. The monoisotopic (exact) mass is 244 g/mol. The van der Waals surface area contributed by atoms with E-state index in [9.17, 15) is 15.0 Å². The Labute approximate surface area is 97.0 Å². The van der Waals surface area contributed by atoms with Gasteiger partial charge in [0.05, 0.1) is 24.9 Å². The van der Waals surface area contributed by atoms with Crippen molar-refractivity contribution in [3.63, 3.8) is 0 Å². The van der Waals surface area contributed by atoms with E-state index < -0.39 is 5.97 Å². The molecule has 0 radical (unpaired) electrons. The van der Waals surface area contributed by atoms with Crippen molar-refractivity contribution >= 4 is 17.7 Å². The topological polar surface area (TPSA) is 76.0 Å². The predicted molar refractivity (Wildman–Crippen MR) is 59.1 cm³/mol. The van der Waals surface area contributed by atoms with Gasteiger partial charge < -0.3 is 19.7 Å². The molecule has 0 aliphatic heterocycles. The number of hydrogen-bond acceptors (Lipinski definition) is 6. The van der Waals surface area contributed by atoms with Crippen molar-refractivity contribution in [1.29, 1.82) is 0 Å². The van der Waals surface area contributed by atoms with E-state index in [-0.39, 0.29) is 23.0 Å².